The second-order valence-electron chi connectivity index (χ2n) is 11.4. The Labute approximate surface area is 259 Å². The third-order valence-corrected chi connectivity index (χ3v) is 8.36. The second-order valence-corrected chi connectivity index (χ2v) is 11.4. The van der Waals surface area contributed by atoms with Crippen molar-refractivity contribution in [3.8, 4) is 0 Å². The molecule has 1 aliphatic rings. The molecular formula is C36H41N5O3. The molecule has 228 valence electrons. The molecule has 1 fully saturated rings. The summed E-state index contributed by atoms with van der Waals surface area (Å²) < 4.78 is 0. The molecule has 0 spiro atoms. The Balaban J connectivity index is 1.31. The van der Waals surface area contributed by atoms with E-state index in [9.17, 15) is 14.4 Å². The lowest BCUT2D eigenvalue weighted by molar-refractivity contribution is -0.140. The molecule has 4 aromatic rings. The molecule has 0 bridgehead atoms. The normalized spacial score (nSPS) is 17.1. The van der Waals surface area contributed by atoms with Crippen LogP contribution in [-0.2, 0) is 33.8 Å². The zero-order chi connectivity index (χ0) is 30.6. The average molecular weight is 592 g/mol. The van der Waals surface area contributed by atoms with Crippen molar-refractivity contribution in [2.45, 2.75) is 63.2 Å². The monoisotopic (exact) mass is 591 g/mol. The van der Waals surface area contributed by atoms with Crippen molar-refractivity contribution in [2.75, 3.05) is 13.1 Å². The highest BCUT2D eigenvalue weighted by Gasteiger charge is 2.35. The largest absolute Gasteiger partial charge is 0.359 e. The summed E-state index contributed by atoms with van der Waals surface area (Å²) in [7, 11) is 0. The number of benzene rings is 3. The number of likely N-dealkylation sites (tertiary alicyclic amines) is 1. The zero-order valence-electron chi connectivity index (χ0n) is 25.0. The highest BCUT2D eigenvalue weighted by molar-refractivity contribution is 5.88. The first kappa shape index (κ1) is 30.9. The molecule has 3 atom stereocenters. The van der Waals surface area contributed by atoms with Crippen LogP contribution in [0.5, 0.6) is 0 Å². The second kappa shape index (κ2) is 15.8. The molecule has 3 N–H and O–H groups in total. The molecule has 5 rings (SSSR count). The number of nitrogens with zero attached hydrogens (tertiary/aromatic N) is 2. The van der Waals surface area contributed by atoms with Gasteiger partial charge in [0.25, 0.3) is 0 Å². The lowest BCUT2D eigenvalue weighted by Crippen LogP contribution is -2.57. The van der Waals surface area contributed by atoms with Crippen molar-refractivity contribution < 1.29 is 14.4 Å². The fourth-order valence-electron chi connectivity index (χ4n) is 6.10. The van der Waals surface area contributed by atoms with Crippen LogP contribution in [0, 0.1) is 0 Å². The maximum atomic E-state index is 14.3. The van der Waals surface area contributed by atoms with Gasteiger partial charge in [-0.15, -0.1) is 0 Å². The van der Waals surface area contributed by atoms with E-state index in [4.69, 9.17) is 0 Å². The van der Waals surface area contributed by atoms with E-state index in [1.165, 1.54) is 11.1 Å². The van der Waals surface area contributed by atoms with Crippen molar-refractivity contribution in [1.82, 2.24) is 25.8 Å². The van der Waals surface area contributed by atoms with Crippen LogP contribution in [0.3, 0.4) is 0 Å². The van der Waals surface area contributed by atoms with Crippen LogP contribution in [0.1, 0.15) is 42.4 Å². The number of nitrogens with one attached hydrogen (secondary N) is 3. The van der Waals surface area contributed by atoms with Crippen LogP contribution >= 0.6 is 0 Å². The summed E-state index contributed by atoms with van der Waals surface area (Å²) in [5, 5.41) is 10.5. The van der Waals surface area contributed by atoms with Crippen LogP contribution in [0.15, 0.2) is 97.2 Å². The summed E-state index contributed by atoms with van der Waals surface area (Å²) in [6.45, 7) is 1.75. The Bertz CT molecular complexity index is 1510. The number of rotatable bonds is 14. The van der Waals surface area contributed by atoms with E-state index >= 15 is 0 Å². The maximum Gasteiger partial charge on any atom is 0.245 e. The highest BCUT2D eigenvalue weighted by Crippen LogP contribution is 2.24. The first-order chi connectivity index (χ1) is 21.6. The summed E-state index contributed by atoms with van der Waals surface area (Å²) in [6, 6.07) is 29.9. The first-order valence-corrected chi connectivity index (χ1v) is 15.5. The van der Waals surface area contributed by atoms with Crippen LogP contribution in [0.2, 0.25) is 0 Å². The number of aromatic nitrogens is 1. The van der Waals surface area contributed by atoms with Crippen LogP contribution in [-0.4, -0.2) is 59.3 Å². The van der Waals surface area contributed by atoms with E-state index in [2.05, 4.69) is 45.2 Å². The van der Waals surface area contributed by atoms with Gasteiger partial charge in [-0.05, 0) is 54.5 Å². The van der Waals surface area contributed by atoms with Gasteiger partial charge in [0.05, 0.1) is 5.52 Å². The van der Waals surface area contributed by atoms with Crippen LogP contribution < -0.4 is 16.0 Å². The summed E-state index contributed by atoms with van der Waals surface area (Å²) in [4.78, 5) is 44.3. The fraction of sp³-hybridized carbons (Fsp3) is 0.333. The SMILES string of the molecule is O=CNCCCC(=O)N[C@H](Cc1ccccc1)C(=O)N1CC[C@H](NCc2ccnc3ccccc23)C[C@H]1Cc1ccccc1. The van der Waals surface area contributed by atoms with Crippen molar-refractivity contribution in [3.05, 3.63) is 114 Å². The third kappa shape index (κ3) is 8.51. The molecule has 0 aliphatic carbocycles. The number of carbonyl (C=O) groups is 3. The number of hydrogen-bond acceptors (Lipinski definition) is 5. The molecule has 1 saturated heterocycles. The maximum absolute atomic E-state index is 14.3. The van der Waals surface area contributed by atoms with Crippen LogP contribution in [0.4, 0.5) is 0 Å². The summed E-state index contributed by atoms with van der Waals surface area (Å²) in [5.74, 6) is -0.236. The van der Waals surface area contributed by atoms with Gasteiger partial charge in [0.15, 0.2) is 0 Å². The minimum absolute atomic E-state index is 0.0164. The first-order valence-electron chi connectivity index (χ1n) is 15.5. The third-order valence-electron chi connectivity index (χ3n) is 8.36. The molecule has 2 heterocycles. The molecule has 8 nitrogen and oxygen atoms in total. The predicted octanol–water partition coefficient (Wildman–Crippen LogP) is 4.18. The molecule has 0 radical (unpaired) electrons. The number of carbonyl (C=O) groups excluding carboxylic acids is 3. The molecule has 1 aromatic heterocycles. The summed E-state index contributed by atoms with van der Waals surface area (Å²) >= 11 is 0. The van der Waals surface area contributed by atoms with E-state index in [1.807, 2.05) is 77.8 Å². The minimum Gasteiger partial charge on any atom is -0.359 e. The van der Waals surface area contributed by atoms with E-state index in [-0.39, 0.29) is 30.3 Å². The number of fused-ring (bicyclic) bond motifs is 1. The van der Waals surface area contributed by atoms with E-state index < -0.39 is 6.04 Å². The zero-order valence-corrected chi connectivity index (χ0v) is 25.0. The standard InChI is InChI=1S/C36H41N5O3/c42-26-37-19-9-16-35(43)40-34(23-28-12-5-2-6-13-28)36(44)41-21-18-30(24-31(41)22-27-10-3-1-4-11-27)39-25-29-17-20-38-33-15-8-7-14-32(29)33/h1-8,10-15,17,20,26,30-31,34,39H,9,16,18-19,21-25H2,(H,37,42)(H,40,43)/t30-,31+,34+/m0/s1. The Morgan fingerprint density at radius 2 is 1.66 bits per heavy atom. The lowest BCUT2D eigenvalue weighted by atomic mass is 9.90. The highest BCUT2D eigenvalue weighted by atomic mass is 16.2. The summed E-state index contributed by atoms with van der Waals surface area (Å²) in [6.07, 6.45) is 6.04. The average Bonchev–Trinajstić information content (AvgIpc) is 3.06. The smallest absolute Gasteiger partial charge is 0.245 e. The van der Waals surface area contributed by atoms with Gasteiger partial charge in [-0.3, -0.25) is 19.4 Å². The lowest BCUT2D eigenvalue weighted by Gasteiger charge is -2.41. The Morgan fingerprint density at radius 1 is 0.932 bits per heavy atom. The van der Waals surface area contributed by atoms with Crippen LogP contribution in [0.25, 0.3) is 10.9 Å². The van der Waals surface area contributed by atoms with Gasteiger partial charge in [0, 0.05) is 56.1 Å². The van der Waals surface area contributed by atoms with Gasteiger partial charge >= 0.3 is 0 Å². The van der Waals surface area contributed by atoms with Gasteiger partial charge in [-0.25, -0.2) is 0 Å². The molecule has 44 heavy (non-hydrogen) atoms. The van der Waals surface area contributed by atoms with Gasteiger partial charge in [0.1, 0.15) is 6.04 Å². The Kier molecular flexibility index (Phi) is 11.1. The predicted molar refractivity (Wildman–Crippen MR) is 173 cm³/mol. The topological polar surface area (TPSA) is 103 Å². The molecule has 1 aliphatic heterocycles. The Hall–Kier alpha value is -4.56. The van der Waals surface area contributed by atoms with Gasteiger partial charge in [0.2, 0.25) is 18.2 Å². The molecule has 0 unspecified atom stereocenters. The van der Waals surface area contributed by atoms with E-state index in [1.54, 1.807) is 0 Å². The van der Waals surface area contributed by atoms with Crippen molar-refractivity contribution >= 4 is 29.1 Å². The van der Waals surface area contributed by atoms with Gasteiger partial charge in [-0.1, -0.05) is 78.9 Å². The number of piperidine rings is 1. The molecule has 0 saturated carbocycles. The van der Waals surface area contributed by atoms with E-state index in [0.717, 1.165) is 42.3 Å². The molecule has 8 heteroatoms. The number of para-hydroxylation sites is 1. The fourth-order valence-corrected chi connectivity index (χ4v) is 6.10. The molecule has 3 amide bonds. The molecular weight excluding hydrogens is 550 g/mol. The number of hydrogen-bond donors (Lipinski definition) is 3. The summed E-state index contributed by atoms with van der Waals surface area (Å²) in [5.41, 5.74) is 4.38. The van der Waals surface area contributed by atoms with Crippen molar-refractivity contribution in [3.63, 3.8) is 0 Å². The van der Waals surface area contributed by atoms with Crippen molar-refractivity contribution in [1.29, 1.82) is 0 Å². The van der Waals surface area contributed by atoms with Gasteiger partial charge in [-0.2, -0.15) is 0 Å². The Morgan fingerprint density at radius 3 is 2.43 bits per heavy atom. The van der Waals surface area contributed by atoms with E-state index in [0.29, 0.717) is 32.3 Å². The van der Waals surface area contributed by atoms with Crippen molar-refractivity contribution in [2.24, 2.45) is 0 Å². The number of amides is 3. The quantitative estimate of drug-likeness (QED) is 0.151. The number of pyridine rings is 1. The minimum atomic E-state index is -0.671. The van der Waals surface area contributed by atoms with Gasteiger partial charge < -0.3 is 20.9 Å². The molecule has 3 aromatic carbocycles.